The zero-order chi connectivity index (χ0) is 14.1. The minimum atomic E-state index is 0.101. The number of aromatic nitrogens is 1. The lowest BCUT2D eigenvalue weighted by molar-refractivity contribution is 0.0725. The molecule has 0 radical (unpaired) electrons. The van der Waals surface area contributed by atoms with Crippen molar-refractivity contribution in [2.75, 3.05) is 19.6 Å². The molecule has 108 valence electrons. The SMILES string of the molecule is CC(C)CN1CC[C@@H]2[C@@H]1CCN2C(=O)c1ccccn1. The van der Waals surface area contributed by atoms with E-state index in [4.69, 9.17) is 0 Å². The van der Waals surface area contributed by atoms with Gasteiger partial charge in [0.1, 0.15) is 5.69 Å². The number of hydrogen-bond donors (Lipinski definition) is 0. The summed E-state index contributed by atoms with van der Waals surface area (Å²) < 4.78 is 0. The topological polar surface area (TPSA) is 36.4 Å². The summed E-state index contributed by atoms with van der Waals surface area (Å²) in [5, 5.41) is 0. The highest BCUT2D eigenvalue weighted by molar-refractivity contribution is 5.92. The van der Waals surface area contributed by atoms with Crippen molar-refractivity contribution in [3.8, 4) is 0 Å². The van der Waals surface area contributed by atoms with Crippen LogP contribution >= 0.6 is 0 Å². The number of rotatable bonds is 3. The minimum Gasteiger partial charge on any atom is -0.333 e. The van der Waals surface area contributed by atoms with E-state index in [0.29, 0.717) is 23.7 Å². The molecular weight excluding hydrogens is 250 g/mol. The van der Waals surface area contributed by atoms with Crippen LogP contribution in [0.15, 0.2) is 24.4 Å². The Morgan fingerprint density at radius 1 is 1.30 bits per heavy atom. The quantitative estimate of drug-likeness (QED) is 0.845. The molecule has 1 aromatic heterocycles. The first-order valence-electron chi connectivity index (χ1n) is 7.63. The predicted octanol–water partition coefficient (Wildman–Crippen LogP) is 2.03. The van der Waals surface area contributed by atoms with Gasteiger partial charge in [0.05, 0.1) is 0 Å². The smallest absolute Gasteiger partial charge is 0.272 e. The second-order valence-electron chi connectivity index (χ2n) is 6.31. The third kappa shape index (κ3) is 2.44. The summed E-state index contributed by atoms with van der Waals surface area (Å²) in [6.45, 7) is 7.67. The van der Waals surface area contributed by atoms with Crippen LogP contribution in [0.2, 0.25) is 0 Å². The van der Waals surface area contributed by atoms with Gasteiger partial charge in [-0.2, -0.15) is 0 Å². The summed E-state index contributed by atoms with van der Waals surface area (Å²) in [6, 6.07) is 6.50. The Morgan fingerprint density at radius 3 is 2.80 bits per heavy atom. The number of likely N-dealkylation sites (tertiary alicyclic amines) is 2. The van der Waals surface area contributed by atoms with Crippen molar-refractivity contribution in [2.24, 2.45) is 5.92 Å². The lowest BCUT2D eigenvalue weighted by Gasteiger charge is -2.26. The van der Waals surface area contributed by atoms with E-state index in [9.17, 15) is 4.79 Å². The molecule has 4 nitrogen and oxygen atoms in total. The van der Waals surface area contributed by atoms with Crippen molar-refractivity contribution in [3.63, 3.8) is 0 Å². The molecule has 0 unspecified atom stereocenters. The molecular formula is C16H23N3O. The number of fused-ring (bicyclic) bond motifs is 1. The van der Waals surface area contributed by atoms with E-state index in [1.807, 2.05) is 23.1 Å². The van der Waals surface area contributed by atoms with Crippen molar-refractivity contribution in [1.29, 1.82) is 0 Å². The van der Waals surface area contributed by atoms with Crippen molar-refractivity contribution in [1.82, 2.24) is 14.8 Å². The largest absolute Gasteiger partial charge is 0.333 e. The molecule has 2 saturated heterocycles. The van der Waals surface area contributed by atoms with Gasteiger partial charge in [-0.1, -0.05) is 19.9 Å². The van der Waals surface area contributed by atoms with Gasteiger partial charge in [-0.3, -0.25) is 14.7 Å². The summed E-state index contributed by atoms with van der Waals surface area (Å²) in [4.78, 5) is 21.4. The second kappa shape index (κ2) is 5.52. The van der Waals surface area contributed by atoms with Crippen LogP contribution in [0, 0.1) is 5.92 Å². The van der Waals surface area contributed by atoms with Crippen LogP contribution < -0.4 is 0 Å². The van der Waals surface area contributed by atoms with Crippen molar-refractivity contribution in [2.45, 2.75) is 38.8 Å². The monoisotopic (exact) mass is 273 g/mol. The van der Waals surface area contributed by atoms with E-state index < -0.39 is 0 Å². The van der Waals surface area contributed by atoms with Gasteiger partial charge in [-0.05, 0) is 30.9 Å². The Morgan fingerprint density at radius 2 is 2.10 bits per heavy atom. The first-order chi connectivity index (χ1) is 9.66. The zero-order valence-corrected chi connectivity index (χ0v) is 12.3. The predicted molar refractivity (Wildman–Crippen MR) is 78.5 cm³/mol. The van der Waals surface area contributed by atoms with Crippen molar-refractivity contribution >= 4 is 5.91 Å². The first-order valence-corrected chi connectivity index (χ1v) is 7.63. The first kappa shape index (κ1) is 13.6. The van der Waals surface area contributed by atoms with E-state index in [0.717, 1.165) is 32.5 Å². The van der Waals surface area contributed by atoms with E-state index >= 15 is 0 Å². The highest BCUT2D eigenvalue weighted by Gasteiger charge is 2.44. The van der Waals surface area contributed by atoms with Gasteiger partial charge >= 0.3 is 0 Å². The Bertz CT molecular complexity index is 474. The zero-order valence-electron chi connectivity index (χ0n) is 12.3. The maximum absolute atomic E-state index is 12.6. The molecule has 2 atom stereocenters. The molecule has 0 N–H and O–H groups in total. The lowest BCUT2D eigenvalue weighted by atomic mass is 10.1. The van der Waals surface area contributed by atoms with Crippen LogP contribution in [-0.2, 0) is 0 Å². The third-order valence-electron chi connectivity index (χ3n) is 4.44. The molecule has 4 heteroatoms. The molecule has 0 spiro atoms. The number of carbonyl (C=O) groups excluding carboxylic acids is 1. The average Bonchev–Trinajstić information content (AvgIpc) is 3.02. The fourth-order valence-corrected chi connectivity index (χ4v) is 3.66. The van der Waals surface area contributed by atoms with Gasteiger partial charge in [0.15, 0.2) is 0 Å². The van der Waals surface area contributed by atoms with Crippen LogP contribution in [0.1, 0.15) is 37.2 Å². The van der Waals surface area contributed by atoms with Gasteiger partial charge in [-0.15, -0.1) is 0 Å². The van der Waals surface area contributed by atoms with Crippen molar-refractivity contribution < 1.29 is 4.79 Å². The van der Waals surface area contributed by atoms with Crippen LogP contribution in [0.25, 0.3) is 0 Å². The van der Waals surface area contributed by atoms with Gasteiger partial charge < -0.3 is 4.90 Å². The minimum absolute atomic E-state index is 0.101. The Labute approximate surface area is 120 Å². The summed E-state index contributed by atoms with van der Waals surface area (Å²) in [5.74, 6) is 0.791. The second-order valence-corrected chi connectivity index (χ2v) is 6.31. The van der Waals surface area contributed by atoms with Crippen LogP contribution in [0.4, 0.5) is 0 Å². The van der Waals surface area contributed by atoms with Gasteiger partial charge in [-0.25, -0.2) is 0 Å². The molecule has 0 aliphatic carbocycles. The summed E-state index contributed by atoms with van der Waals surface area (Å²) in [6.07, 6.45) is 3.91. The highest BCUT2D eigenvalue weighted by Crippen LogP contribution is 2.32. The lowest BCUT2D eigenvalue weighted by Crippen LogP contribution is -2.40. The van der Waals surface area contributed by atoms with E-state index in [1.54, 1.807) is 6.20 Å². The summed E-state index contributed by atoms with van der Waals surface area (Å²) >= 11 is 0. The van der Waals surface area contributed by atoms with Crippen LogP contribution in [0.3, 0.4) is 0 Å². The van der Waals surface area contributed by atoms with Crippen molar-refractivity contribution in [3.05, 3.63) is 30.1 Å². The summed E-state index contributed by atoms with van der Waals surface area (Å²) in [7, 11) is 0. The van der Waals surface area contributed by atoms with Gasteiger partial charge in [0, 0.05) is 37.9 Å². The van der Waals surface area contributed by atoms with Gasteiger partial charge in [0.2, 0.25) is 0 Å². The van der Waals surface area contributed by atoms with E-state index in [2.05, 4.69) is 23.7 Å². The third-order valence-corrected chi connectivity index (χ3v) is 4.44. The molecule has 2 fully saturated rings. The number of amides is 1. The maximum atomic E-state index is 12.6. The van der Waals surface area contributed by atoms with E-state index in [-0.39, 0.29) is 5.91 Å². The molecule has 0 aromatic carbocycles. The molecule has 1 amide bonds. The van der Waals surface area contributed by atoms with Crippen LogP contribution in [-0.4, -0.2) is 52.4 Å². The Hall–Kier alpha value is -1.42. The highest BCUT2D eigenvalue weighted by atomic mass is 16.2. The number of nitrogens with zero attached hydrogens (tertiary/aromatic N) is 3. The molecule has 1 aromatic rings. The fourth-order valence-electron chi connectivity index (χ4n) is 3.66. The molecule has 3 heterocycles. The normalized spacial score (nSPS) is 26.2. The number of pyridine rings is 1. The van der Waals surface area contributed by atoms with Gasteiger partial charge in [0.25, 0.3) is 5.91 Å². The molecule has 0 bridgehead atoms. The number of carbonyl (C=O) groups is 1. The molecule has 2 aliphatic rings. The number of hydrogen-bond acceptors (Lipinski definition) is 3. The Kier molecular flexibility index (Phi) is 3.74. The average molecular weight is 273 g/mol. The summed E-state index contributed by atoms with van der Waals surface area (Å²) in [5.41, 5.74) is 0.579. The molecule has 20 heavy (non-hydrogen) atoms. The molecule has 3 rings (SSSR count). The standard InChI is InChI=1S/C16H23N3O/c1-12(2)11-18-9-6-15-14(18)7-10-19(15)16(20)13-5-3-4-8-17-13/h3-5,8,12,14-15H,6-7,9-11H2,1-2H3/t14-,15+/m0/s1. The Balaban J connectivity index is 1.71. The maximum Gasteiger partial charge on any atom is 0.272 e. The molecule has 2 aliphatic heterocycles. The fraction of sp³-hybridized carbons (Fsp3) is 0.625. The van der Waals surface area contributed by atoms with Crippen LogP contribution in [0.5, 0.6) is 0 Å². The van der Waals surface area contributed by atoms with E-state index in [1.165, 1.54) is 0 Å². The molecule has 0 saturated carbocycles.